The van der Waals surface area contributed by atoms with Gasteiger partial charge in [-0.1, -0.05) is 0 Å². The van der Waals surface area contributed by atoms with Crippen molar-refractivity contribution >= 4 is 33.5 Å². The van der Waals surface area contributed by atoms with E-state index in [4.69, 9.17) is 11.6 Å². The fourth-order valence-electron chi connectivity index (χ4n) is 0.978. The number of nitrogens with one attached hydrogen (secondary N) is 1. The Morgan fingerprint density at radius 2 is 2.00 bits per heavy atom. The Bertz CT molecular complexity index is 287. The summed E-state index contributed by atoms with van der Waals surface area (Å²) in [6, 6.07) is 0. The molecular formula is C9H13BrClN3. The second-order valence-electron chi connectivity index (χ2n) is 3.67. The summed E-state index contributed by atoms with van der Waals surface area (Å²) in [4.78, 5) is 8.27. The second kappa shape index (κ2) is 4.94. The Morgan fingerprint density at radius 3 is 2.50 bits per heavy atom. The summed E-state index contributed by atoms with van der Waals surface area (Å²) in [5.74, 6) is 1.25. The van der Waals surface area contributed by atoms with Crippen molar-refractivity contribution in [3.63, 3.8) is 0 Å². The van der Waals surface area contributed by atoms with Crippen LogP contribution >= 0.6 is 27.5 Å². The maximum absolute atomic E-state index is 5.69. The van der Waals surface area contributed by atoms with Crippen LogP contribution in [-0.2, 0) is 0 Å². The average molecular weight is 279 g/mol. The molecule has 0 spiro atoms. The molecule has 0 unspecified atom stereocenters. The molecule has 0 aliphatic rings. The van der Waals surface area contributed by atoms with Crippen molar-refractivity contribution in [1.82, 2.24) is 9.97 Å². The minimum atomic E-state index is -0.0738. The van der Waals surface area contributed by atoms with Gasteiger partial charge in [0, 0.05) is 23.8 Å². The predicted octanol–water partition coefficient (Wildman–Crippen LogP) is 3.06. The minimum absolute atomic E-state index is 0.0738. The van der Waals surface area contributed by atoms with Gasteiger partial charge in [-0.3, -0.25) is 0 Å². The molecule has 0 saturated heterocycles. The third-order valence-corrected chi connectivity index (χ3v) is 2.39. The van der Waals surface area contributed by atoms with Crippen LogP contribution in [0.15, 0.2) is 16.9 Å². The fourth-order valence-corrected chi connectivity index (χ4v) is 1.66. The number of nitrogens with zero attached hydrogens (tertiary/aromatic N) is 2. The van der Waals surface area contributed by atoms with Crippen molar-refractivity contribution in [2.45, 2.75) is 25.8 Å². The van der Waals surface area contributed by atoms with Crippen LogP contribution in [0.2, 0.25) is 0 Å². The summed E-state index contributed by atoms with van der Waals surface area (Å²) >= 11 is 8.97. The molecule has 78 valence electrons. The van der Waals surface area contributed by atoms with E-state index in [9.17, 15) is 0 Å². The van der Waals surface area contributed by atoms with E-state index in [1.54, 1.807) is 12.4 Å². The van der Waals surface area contributed by atoms with E-state index in [0.717, 1.165) is 10.9 Å². The van der Waals surface area contributed by atoms with Crippen LogP contribution in [0.1, 0.15) is 20.3 Å². The lowest BCUT2D eigenvalue weighted by Crippen LogP contribution is -2.32. The van der Waals surface area contributed by atoms with Gasteiger partial charge in [0.2, 0.25) is 5.95 Å². The SMILES string of the molecule is CC(C)(CCCl)Nc1ncc(Br)cn1. The van der Waals surface area contributed by atoms with E-state index in [-0.39, 0.29) is 5.54 Å². The molecule has 0 radical (unpaired) electrons. The first kappa shape index (κ1) is 11.7. The molecule has 0 aliphatic heterocycles. The predicted molar refractivity (Wildman–Crippen MR) is 62.8 cm³/mol. The fraction of sp³-hybridized carbons (Fsp3) is 0.556. The van der Waals surface area contributed by atoms with E-state index >= 15 is 0 Å². The van der Waals surface area contributed by atoms with Crippen LogP contribution in [-0.4, -0.2) is 21.4 Å². The largest absolute Gasteiger partial charge is 0.349 e. The van der Waals surface area contributed by atoms with Crippen molar-refractivity contribution in [1.29, 1.82) is 0 Å². The van der Waals surface area contributed by atoms with Gasteiger partial charge in [0.05, 0.1) is 4.47 Å². The summed E-state index contributed by atoms with van der Waals surface area (Å²) in [6.45, 7) is 4.14. The summed E-state index contributed by atoms with van der Waals surface area (Å²) < 4.78 is 0.873. The lowest BCUT2D eigenvalue weighted by atomic mass is 10.0. The Morgan fingerprint density at radius 1 is 1.43 bits per heavy atom. The van der Waals surface area contributed by atoms with E-state index in [0.29, 0.717) is 11.8 Å². The van der Waals surface area contributed by atoms with Gasteiger partial charge >= 0.3 is 0 Å². The third kappa shape index (κ3) is 3.80. The van der Waals surface area contributed by atoms with Crippen molar-refractivity contribution in [3.05, 3.63) is 16.9 Å². The molecule has 0 aromatic carbocycles. The number of halogens is 2. The summed E-state index contributed by atoms with van der Waals surface area (Å²) in [7, 11) is 0. The molecule has 0 atom stereocenters. The minimum Gasteiger partial charge on any atom is -0.349 e. The van der Waals surface area contributed by atoms with Crippen LogP contribution < -0.4 is 5.32 Å². The monoisotopic (exact) mass is 277 g/mol. The lowest BCUT2D eigenvalue weighted by molar-refractivity contribution is 0.545. The molecule has 14 heavy (non-hydrogen) atoms. The number of rotatable bonds is 4. The van der Waals surface area contributed by atoms with Gasteiger partial charge in [-0.05, 0) is 36.2 Å². The maximum Gasteiger partial charge on any atom is 0.223 e. The van der Waals surface area contributed by atoms with Gasteiger partial charge in [0.25, 0.3) is 0 Å². The van der Waals surface area contributed by atoms with Gasteiger partial charge < -0.3 is 5.32 Å². The molecule has 1 N–H and O–H groups in total. The lowest BCUT2D eigenvalue weighted by Gasteiger charge is -2.24. The van der Waals surface area contributed by atoms with Gasteiger partial charge in [0.15, 0.2) is 0 Å². The summed E-state index contributed by atoms with van der Waals surface area (Å²) in [5.41, 5.74) is -0.0738. The highest BCUT2D eigenvalue weighted by Crippen LogP contribution is 2.16. The van der Waals surface area contributed by atoms with Gasteiger partial charge in [-0.2, -0.15) is 0 Å². The third-order valence-electron chi connectivity index (χ3n) is 1.79. The standard InChI is InChI=1S/C9H13BrClN3/c1-9(2,3-4-11)14-8-12-5-7(10)6-13-8/h5-6H,3-4H2,1-2H3,(H,12,13,14). The quantitative estimate of drug-likeness (QED) is 0.860. The average Bonchev–Trinajstić information content (AvgIpc) is 2.08. The molecule has 0 fully saturated rings. The zero-order valence-corrected chi connectivity index (χ0v) is 10.6. The van der Waals surface area contributed by atoms with Crippen LogP contribution in [0.4, 0.5) is 5.95 Å². The Hall–Kier alpha value is -0.350. The van der Waals surface area contributed by atoms with Crippen LogP contribution in [0, 0.1) is 0 Å². The van der Waals surface area contributed by atoms with Crippen LogP contribution in [0.25, 0.3) is 0 Å². The van der Waals surface area contributed by atoms with Crippen molar-refractivity contribution < 1.29 is 0 Å². The molecule has 1 rings (SSSR count). The molecule has 1 heterocycles. The second-order valence-corrected chi connectivity index (χ2v) is 4.97. The number of alkyl halides is 1. The maximum atomic E-state index is 5.69. The van der Waals surface area contributed by atoms with Gasteiger partial charge in [-0.15, -0.1) is 11.6 Å². The normalized spacial score (nSPS) is 11.4. The van der Waals surface area contributed by atoms with E-state index in [1.807, 2.05) is 0 Å². The highest BCUT2D eigenvalue weighted by Gasteiger charge is 2.17. The first-order valence-corrected chi connectivity index (χ1v) is 5.68. The number of aromatic nitrogens is 2. The van der Waals surface area contributed by atoms with E-state index in [2.05, 4.69) is 45.1 Å². The van der Waals surface area contributed by atoms with Crippen molar-refractivity contribution in [2.24, 2.45) is 0 Å². The highest BCUT2D eigenvalue weighted by atomic mass is 79.9. The van der Waals surface area contributed by atoms with Crippen molar-refractivity contribution in [2.75, 3.05) is 11.2 Å². The highest BCUT2D eigenvalue weighted by molar-refractivity contribution is 9.10. The number of hydrogen-bond acceptors (Lipinski definition) is 3. The summed E-state index contributed by atoms with van der Waals surface area (Å²) in [5, 5.41) is 3.22. The molecule has 3 nitrogen and oxygen atoms in total. The Labute approximate surface area is 97.4 Å². The smallest absolute Gasteiger partial charge is 0.223 e. The molecule has 0 aliphatic carbocycles. The molecule has 0 amide bonds. The Balaban J connectivity index is 2.64. The zero-order chi connectivity index (χ0) is 10.6. The topological polar surface area (TPSA) is 37.8 Å². The van der Waals surface area contributed by atoms with E-state index in [1.165, 1.54) is 0 Å². The summed E-state index contributed by atoms with van der Waals surface area (Å²) in [6.07, 6.45) is 4.30. The molecule has 1 aromatic heterocycles. The first-order valence-electron chi connectivity index (χ1n) is 4.35. The molecule has 5 heteroatoms. The van der Waals surface area contributed by atoms with Gasteiger partial charge in [-0.25, -0.2) is 9.97 Å². The Kier molecular flexibility index (Phi) is 4.13. The zero-order valence-electron chi connectivity index (χ0n) is 8.22. The first-order chi connectivity index (χ1) is 6.53. The van der Waals surface area contributed by atoms with Gasteiger partial charge in [0.1, 0.15) is 0 Å². The van der Waals surface area contributed by atoms with E-state index < -0.39 is 0 Å². The molecule has 0 bridgehead atoms. The molecule has 0 saturated carbocycles. The molecular weight excluding hydrogens is 265 g/mol. The van der Waals surface area contributed by atoms with Crippen molar-refractivity contribution in [3.8, 4) is 0 Å². The van der Waals surface area contributed by atoms with Crippen LogP contribution in [0.5, 0.6) is 0 Å². The number of hydrogen-bond donors (Lipinski definition) is 1. The number of anilines is 1. The molecule has 1 aromatic rings. The van der Waals surface area contributed by atoms with Crippen LogP contribution in [0.3, 0.4) is 0 Å².